The summed E-state index contributed by atoms with van der Waals surface area (Å²) in [5, 5.41) is 47.8. The fraction of sp³-hybridized carbons (Fsp3) is 0.420. The number of phenolic OH excluding ortho intramolecular Hbond substituents is 1. The molecule has 0 heterocycles. The fourth-order valence-corrected chi connectivity index (χ4v) is 6.49. The number of amides is 2. The van der Waals surface area contributed by atoms with Gasteiger partial charge in [-0.05, 0) is 99.9 Å². The molecule has 4 rings (SSSR count). The van der Waals surface area contributed by atoms with Gasteiger partial charge in [0.05, 0.1) is 70.5 Å². The van der Waals surface area contributed by atoms with Crippen molar-refractivity contribution in [3.05, 3.63) is 154 Å². The second-order valence-corrected chi connectivity index (χ2v) is 21.4. The van der Waals surface area contributed by atoms with Gasteiger partial charge < -0.3 is 44.2 Å². The highest BCUT2D eigenvalue weighted by atomic mass is 16.7. The van der Waals surface area contributed by atoms with Crippen molar-refractivity contribution in [2.75, 3.05) is 39.5 Å². The minimum atomic E-state index is -0.884. The van der Waals surface area contributed by atoms with E-state index in [1.165, 1.54) is 69.3 Å². The van der Waals surface area contributed by atoms with E-state index in [1.807, 2.05) is 62.3 Å². The molecule has 1 unspecified atom stereocenters. The summed E-state index contributed by atoms with van der Waals surface area (Å²) >= 11 is 0. The van der Waals surface area contributed by atoms with Crippen molar-refractivity contribution in [3.63, 3.8) is 0 Å². The Kier molecular flexibility index (Phi) is 42.0. The first kappa shape index (κ1) is 82.4. The van der Waals surface area contributed by atoms with Gasteiger partial charge in [0.1, 0.15) is 24.7 Å². The van der Waals surface area contributed by atoms with Crippen molar-refractivity contribution in [3.8, 4) is 53.1 Å². The first-order chi connectivity index (χ1) is 43.9. The summed E-state index contributed by atoms with van der Waals surface area (Å²) in [6.07, 6.45) is 1.63. The van der Waals surface area contributed by atoms with Gasteiger partial charge in [-0.25, -0.2) is 14.4 Å². The number of nitro benzene ring substituents is 3. The van der Waals surface area contributed by atoms with Crippen LogP contribution in [0.4, 0.5) is 26.7 Å². The monoisotopic (exact) mass is 1290 g/mol. The zero-order valence-electron chi connectivity index (χ0n) is 55.3. The molecule has 0 saturated heterocycles. The average molecular weight is 1290 g/mol. The second-order valence-electron chi connectivity index (χ2n) is 21.4. The summed E-state index contributed by atoms with van der Waals surface area (Å²) in [6, 6.07) is 20.4. The Hall–Kier alpha value is -10.6. The summed E-state index contributed by atoms with van der Waals surface area (Å²) in [5.41, 5.74) is 3.05. The number of ketones is 1. The number of hydrogen-bond donors (Lipinski definition) is 3. The fourth-order valence-electron chi connectivity index (χ4n) is 6.49. The maximum Gasteiger partial charge on any atom is 0.508 e. The van der Waals surface area contributed by atoms with Crippen LogP contribution in [0.3, 0.4) is 0 Å². The van der Waals surface area contributed by atoms with Crippen LogP contribution in [0, 0.1) is 101 Å². The number of nitro groups is 3. The van der Waals surface area contributed by atoms with Crippen molar-refractivity contribution in [1.29, 1.82) is 0 Å². The number of ether oxygens (including phenoxy) is 6. The number of hydrogen-bond acceptors (Lipinski definition) is 19. The van der Waals surface area contributed by atoms with Crippen molar-refractivity contribution in [2.24, 2.45) is 23.7 Å². The Bertz CT molecular complexity index is 3420. The number of carbonyl (C=O) groups excluding carboxylic acids is 6. The van der Waals surface area contributed by atoms with Gasteiger partial charge >= 0.3 is 18.3 Å². The molecule has 0 aromatic heterocycles. The van der Waals surface area contributed by atoms with Crippen LogP contribution >= 0.6 is 0 Å². The lowest BCUT2D eigenvalue weighted by Crippen LogP contribution is -2.19. The highest BCUT2D eigenvalue weighted by Gasteiger charge is 2.21. The number of para-hydroxylation sites is 1. The van der Waals surface area contributed by atoms with Gasteiger partial charge in [-0.2, -0.15) is 0 Å². The molecular formula is C69H85N5O19. The lowest BCUT2D eigenvalue weighted by Gasteiger charge is -2.15. The number of esters is 1. The molecule has 4 aromatic carbocycles. The van der Waals surface area contributed by atoms with E-state index in [4.69, 9.17) is 28.4 Å². The van der Waals surface area contributed by atoms with E-state index >= 15 is 0 Å². The van der Waals surface area contributed by atoms with Crippen LogP contribution in [-0.2, 0) is 60.8 Å². The van der Waals surface area contributed by atoms with Gasteiger partial charge in [0.25, 0.3) is 17.1 Å². The number of phenols is 1. The van der Waals surface area contributed by atoms with Crippen LogP contribution in [0.2, 0.25) is 0 Å². The Morgan fingerprint density at radius 3 is 1.44 bits per heavy atom. The predicted octanol–water partition coefficient (Wildman–Crippen LogP) is 12.5. The van der Waals surface area contributed by atoms with Crippen molar-refractivity contribution < 1.29 is 77.1 Å². The van der Waals surface area contributed by atoms with Crippen LogP contribution in [0.5, 0.6) is 5.75 Å². The molecule has 0 bridgehead atoms. The molecule has 4 aromatic rings. The Morgan fingerprint density at radius 1 is 0.538 bits per heavy atom. The molecule has 0 spiro atoms. The molecule has 24 nitrogen and oxygen atoms in total. The van der Waals surface area contributed by atoms with E-state index in [-0.39, 0.29) is 102 Å². The predicted molar refractivity (Wildman–Crippen MR) is 350 cm³/mol. The number of nitrogens with zero attached hydrogens (tertiary/aromatic N) is 3. The van der Waals surface area contributed by atoms with Crippen molar-refractivity contribution in [1.82, 2.24) is 10.6 Å². The summed E-state index contributed by atoms with van der Waals surface area (Å²) < 4.78 is 30.1. The maximum absolute atomic E-state index is 11.5. The van der Waals surface area contributed by atoms with Gasteiger partial charge in [0, 0.05) is 79.8 Å². The largest absolute Gasteiger partial charge is 0.508 e. The highest BCUT2D eigenvalue weighted by Crippen LogP contribution is 2.29. The number of rotatable bonds is 23. The zero-order chi connectivity index (χ0) is 70.4. The van der Waals surface area contributed by atoms with E-state index in [2.05, 4.69) is 58.0 Å². The zero-order valence-corrected chi connectivity index (χ0v) is 55.3. The number of carbonyl (C=O) groups is 6. The van der Waals surface area contributed by atoms with Gasteiger partial charge in [-0.3, -0.25) is 44.7 Å². The first-order valence-corrected chi connectivity index (χ1v) is 29.4. The van der Waals surface area contributed by atoms with Gasteiger partial charge in [-0.1, -0.05) is 109 Å². The summed E-state index contributed by atoms with van der Waals surface area (Å²) in [4.78, 5) is 97.7. The lowest BCUT2D eigenvalue weighted by atomic mass is 10.0. The number of benzene rings is 4. The maximum atomic E-state index is 11.5. The lowest BCUT2D eigenvalue weighted by molar-refractivity contribution is -0.386. The van der Waals surface area contributed by atoms with Crippen LogP contribution in [-0.4, -0.2) is 95.3 Å². The molecule has 1 atom stereocenters. The van der Waals surface area contributed by atoms with Gasteiger partial charge in [0.15, 0.2) is 0 Å². The van der Waals surface area contributed by atoms with E-state index < -0.39 is 33.0 Å². The number of Topliss-reactive ketones (excluding diaryl/α,β-unsaturated/α-hetero) is 1. The molecule has 0 aliphatic rings. The van der Waals surface area contributed by atoms with E-state index in [0.717, 1.165) is 0 Å². The molecule has 0 radical (unpaired) electrons. The third-order valence-corrected chi connectivity index (χ3v) is 10.9. The van der Waals surface area contributed by atoms with Crippen LogP contribution < -0.4 is 10.6 Å². The standard InChI is InChI=1S/C18H23NO4.C17H20N2O6.C15H17NO5.C13H16O3.C6H9NO/c1-13(2)12-23-15(4)17-10-9-16(11-18(17)19(21)22)8-6-5-7-14(3)20;1-12(2)10-24-17(21)25-11-15-9-14(5-4-8-18-13(3)20)6-7-16(15)19(22)23;1-4-5-12-6-7-14(16(18)19)13(8-12)10-21-15(17)20-9-11(2)3;1-10(2)9-16-13(15)8-7-11-5-3-4-6-12(11)14;1-3-4-5-7-6(2)8/h9-11,13,15H,5,7,12H2,1-4H3;6-7,9,12H,8,10-11H2,1-3H3,(H,18,20);6-8,11H,9-10H2,1-3H3;3-8,10,14H,9H2,1-2H3;5H2,1-2H3,(H,7,8)/b;;;8-7+;. The molecule has 500 valence electrons. The van der Waals surface area contributed by atoms with Crippen LogP contribution in [0.15, 0.2) is 84.9 Å². The third kappa shape index (κ3) is 40.7. The summed E-state index contributed by atoms with van der Waals surface area (Å²) in [5.74, 6) is 22.7. The minimum Gasteiger partial charge on any atom is -0.507 e. The number of aromatic hydroxyl groups is 1. The van der Waals surface area contributed by atoms with Crippen LogP contribution in [0.1, 0.15) is 155 Å². The molecule has 0 saturated carbocycles. The Balaban J connectivity index is 0.00000118. The average Bonchev–Trinajstić information content (AvgIpc) is 1.01. The smallest absolute Gasteiger partial charge is 0.507 e. The molecule has 0 fully saturated rings. The van der Waals surface area contributed by atoms with Crippen molar-refractivity contribution >= 4 is 59.0 Å². The Labute approximate surface area is 544 Å². The van der Waals surface area contributed by atoms with Gasteiger partial charge in [-0.15, -0.1) is 11.8 Å². The molecule has 24 heteroatoms. The van der Waals surface area contributed by atoms with Gasteiger partial charge in [0.2, 0.25) is 11.8 Å². The SMILES string of the molecule is CC#CCNC(C)=O.CC#Cc1ccc([N+](=O)[O-])c(COC(=O)OCC(C)C)c1.CC(=O)CCC#Cc1ccc(C(C)OCC(C)C)c([N+](=O)[O-])c1.CC(=O)NCC#Cc1ccc([N+](=O)[O-])c(COC(=O)OCC(C)C)c1.CC(C)COC(=O)/C=C/c1ccccc1O. The topological polar surface area (TPSA) is 332 Å². The quantitative estimate of drug-likeness (QED) is 0.0155. The van der Waals surface area contributed by atoms with E-state index in [9.17, 15) is 64.2 Å². The van der Waals surface area contributed by atoms with E-state index in [1.54, 1.807) is 56.3 Å². The molecule has 0 aliphatic heterocycles. The molecule has 2 amide bonds. The number of nitrogens with one attached hydrogen (secondary N) is 2. The molecule has 93 heavy (non-hydrogen) atoms. The van der Waals surface area contributed by atoms with Crippen molar-refractivity contribution in [2.45, 2.75) is 129 Å². The third-order valence-electron chi connectivity index (χ3n) is 10.9. The second kappa shape index (κ2) is 47.4. The molecule has 3 N–H and O–H groups in total. The Morgan fingerprint density at radius 2 is 0.989 bits per heavy atom. The normalized spacial score (nSPS) is 10.2. The first-order valence-electron chi connectivity index (χ1n) is 29.4. The summed E-state index contributed by atoms with van der Waals surface area (Å²) in [6.45, 7) is 26.6. The van der Waals surface area contributed by atoms with Crippen LogP contribution in [0.25, 0.3) is 6.08 Å². The molecular weight excluding hydrogens is 1200 g/mol. The van der Waals surface area contributed by atoms with E-state index in [0.29, 0.717) is 72.3 Å². The summed E-state index contributed by atoms with van der Waals surface area (Å²) in [7, 11) is 0. The molecule has 0 aliphatic carbocycles. The minimum absolute atomic E-state index is 0.0135. The highest BCUT2D eigenvalue weighted by molar-refractivity contribution is 5.87.